The molecule has 0 bridgehead atoms. The summed E-state index contributed by atoms with van der Waals surface area (Å²) in [6.45, 7) is 5.30. The smallest absolute Gasteiger partial charge is 0.158 e. The minimum atomic E-state index is -0.187. The number of nitrogens with zero attached hydrogens (tertiary/aromatic N) is 3. The molecule has 4 heteroatoms. The van der Waals surface area contributed by atoms with Crippen LogP contribution in [0.15, 0.2) is 12.4 Å². The molecule has 0 amide bonds. The first-order chi connectivity index (χ1) is 7.06. The van der Waals surface area contributed by atoms with Crippen LogP contribution < -0.4 is 0 Å². The zero-order valence-corrected chi connectivity index (χ0v) is 10.1. The van der Waals surface area contributed by atoms with Crippen LogP contribution in [-0.4, -0.2) is 54.8 Å². The predicted molar refractivity (Wildman–Crippen MR) is 62.7 cm³/mol. The Labute approximate surface area is 92.9 Å². The fourth-order valence-corrected chi connectivity index (χ4v) is 1.71. The third-order valence-electron chi connectivity index (χ3n) is 2.81. The maximum atomic E-state index is 11.8. The normalized spacial score (nSPS) is 25.5. The second-order valence-corrected chi connectivity index (χ2v) is 4.53. The molecule has 4 nitrogen and oxygen atoms in total. The topological polar surface area (TPSA) is 29.5 Å². The summed E-state index contributed by atoms with van der Waals surface area (Å²) in [5.74, 6) is 0. The number of unbranched alkanes of at least 4 members (excludes halogenated alkanes) is 1. The molecule has 1 heterocycles. The van der Waals surface area contributed by atoms with Crippen molar-refractivity contribution in [3.63, 3.8) is 0 Å². The third-order valence-corrected chi connectivity index (χ3v) is 2.81. The molecule has 0 aromatic carbocycles. The highest BCUT2D eigenvalue weighted by Crippen LogP contribution is 2.15. The van der Waals surface area contributed by atoms with Gasteiger partial charge in [0.05, 0.1) is 12.7 Å². The van der Waals surface area contributed by atoms with Crippen LogP contribution in [0.25, 0.3) is 0 Å². The monoisotopic (exact) mass is 213 g/mol. The van der Waals surface area contributed by atoms with Crippen LogP contribution in [0.3, 0.4) is 0 Å². The van der Waals surface area contributed by atoms with Crippen LogP contribution in [0.2, 0.25) is 0 Å². The van der Waals surface area contributed by atoms with E-state index in [1.54, 1.807) is 6.20 Å². The molecule has 0 fully saturated rings. The van der Waals surface area contributed by atoms with Crippen molar-refractivity contribution in [2.45, 2.75) is 19.8 Å². The summed E-state index contributed by atoms with van der Waals surface area (Å²) in [6.07, 6.45) is 6.06. The van der Waals surface area contributed by atoms with Crippen molar-refractivity contribution < 1.29 is 4.65 Å². The fraction of sp³-hybridized carbons (Fsp3) is 0.818. The maximum Gasteiger partial charge on any atom is 0.158 e. The van der Waals surface area contributed by atoms with Gasteiger partial charge in [-0.3, -0.25) is 0 Å². The fourth-order valence-electron chi connectivity index (χ4n) is 1.71. The molecule has 0 aliphatic carbocycles. The lowest BCUT2D eigenvalue weighted by Crippen LogP contribution is -2.39. The van der Waals surface area contributed by atoms with E-state index in [4.69, 9.17) is 0 Å². The van der Waals surface area contributed by atoms with Crippen molar-refractivity contribution in [3.8, 4) is 0 Å². The number of hydroxylamine groups is 3. The van der Waals surface area contributed by atoms with Crippen molar-refractivity contribution in [2.75, 3.05) is 40.4 Å². The summed E-state index contributed by atoms with van der Waals surface area (Å²) >= 11 is 0. The summed E-state index contributed by atoms with van der Waals surface area (Å²) in [7, 11) is 4.18. The summed E-state index contributed by atoms with van der Waals surface area (Å²) in [5, 5.41) is 11.8. The molecule has 1 aliphatic rings. The lowest BCUT2D eigenvalue weighted by molar-refractivity contribution is -0.829. The third kappa shape index (κ3) is 4.20. The average molecular weight is 213 g/mol. The van der Waals surface area contributed by atoms with Gasteiger partial charge in [0.2, 0.25) is 0 Å². The molecular formula is C11H23N3O. The molecule has 0 aromatic heterocycles. The highest BCUT2D eigenvalue weighted by atomic mass is 16.5. The first kappa shape index (κ1) is 12.5. The molecule has 0 saturated heterocycles. The predicted octanol–water partition coefficient (Wildman–Crippen LogP) is 1.41. The Morgan fingerprint density at radius 1 is 1.40 bits per heavy atom. The van der Waals surface area contributed by atoms with E-state index in [2.05, 4.69) is 23.9 Å². The Morgan fingerprint density at radius 3 is 2.67 bits per heavy atom. The van der Waals surface area contributed by atoms with E-state index in [1.165, 1.54) is 6.42 Å². The van der Waals surface area contributed by atoms with Crippen LogP contribution in [0.5, 0.6) is 0 Å². The van der Waals surface area contributed by atoms with Gasteiger partial charge in [-0.2, -0.15) is 0 Å². The van der Waals surface area contributed by atoms with E-state index in [-0.39, 0.29) is 4.65 Å². The average Bonchev–Trinajstić information content (AvgIpc) is 2.56. The van der Waals surface area contributed by atoms with Crippen LogP contribution in [0, 0.1) is 5.21 Å². The Morgan fingerprint density at radius 2 is 2.13 bits per heavy atom. The second-order valence-electron chi connectivity index (χ2n) is 4.53. The molecule has 0 radical (unpaired) electrons. The molecule has 0 N–H and O–H groups in total. The van der Waals surface area contributed by atoms with Gasteiger partial charge >= 0.3 is 0 Å². The van der Waals surface area contributed by atoms with E-state index in [1.807, 2.05) is 13.1 Å². The Bertz CT molecular complexity index is 218. The van der Waals surface area contributed by atoms with Crippen LogP contribution in [0.1, 0.15) is 19.8 Å². The molecule has 0 saturated carbocycles. The Balaban J connectivity index is 2.13. The second kappa shape index (κ2) is 5.49. The summed E-state index contributed by atoms with van der Waals surface area (Å²) < 4.78 is -0.187. The maximum absolute atomic E-state index is 11.8. The van der Waals surface area contributed by atoms with Gasteiger partial charge in [0.1, 0.15) is 6.20 Å². The first-order valence-corrected chi connectivity index (χ1v) is 5.71. The van der Waals surface area contributed by atoms with Gasteiger partial charge in [0.15, 0.2) is 6.67 Å². The zero-order chi connectivity index (χ0) is 11.3. The van der Waals surface area contributed by atoms with Crippen molar-refractivity contribution in [3.05, 3.63) is 17.6 Å². The van der Waals surface area contributed by atoms with E-state index in [0.717, 1.165) is 19.5 Å². The lowest BCUT2D eigenvalue weighted by Gasteiger charge is -2.35. The molecular weight excluding hydrogens is 190 g/mol. The van der Waals surface area contributed by atoms with Crippen molar-refractivity contribution >= 4 is 0 Å². The molecule has 15 heavy (non-hydrogen) atoms. The molecule has 1 rings (SSSR count). The highest BCUT2D eigenvalue weighted by molar-refractivity contribution is 4.82. The zero-order valence-electron chi connectivity index (χ0n) is 10.1. The largest absolute Gasteiger partial charge is 0.626 e. The summed E-state index contributed by atoms with van der Waals surface area (Å²) in [6, 6.07) is 0. The Kier molecular flexibility index (Phi) is 4.57. The molecule has 0 aromatic rings. The number of hydrogen-bond donors (Lipinski definition) is 0. The summed E-state index contributed by atoms with van der Waals surface area (Å²) in [4.78, 5) is 4.33. The molecule has 88 valence electrons. The lowest BCUT2D eigenvalue weighted by atomic mass is 10.3. The number of rotatable bonds is 6. The van der Waals surface area contributed by atoms with Crippen LogP contribution >= 0.6 is 0 Å². The van der Waals surface area contributed by atoms with Crippen LogP contribution in [-0.2, 0) is 0 Å². The van der Waals surface area contributed by atoms with E-state index < -0.39 is 0 Å². The van der Waals surface area contributed by atoms with E-state index in [0.29, 0.717) is 13.2 Å². The Hall–Kier alpha value is -0.580. The van der Waals surface area contributed by atoms with Gasteiger partial charge in [0, 0.05) is 6.54 Å². The summed E-state index contributed by atoms with van der Waals surface area (Å²) in [5.41, 5.74) is 0. The van der Waals surface area contributed by atoms with Gasteiger partial charge in [0.25, 0.3) is 0 Å². The van der Waals surface area contributed by atoms with Crippen molar-refractivity contribution in [2.24, 2.45) is 0 Å². The highest BCUT2D eigenvalue weighted by Gasteiger charge is 2.20. The van der Waals surface area contributed by atoms with Crippen molar-refractivity contribution in [1.82, 2.24) is 9.80 Å². The quantitative estimate of drug-likeness (QED) is 0.379. The minimum absolute atomic E-state index is 0.187. The SMILES string of the molecule is CC[N+]1([O-])C=CN(CCCCN(C)C)C1. The first-order valence-electron chi connectivity index (χ1n) is 5.71. The van der Waals surface area contributed by atoms with Gasteiger partial charge in [-0.25, -0.2) is 0 Å². The molecule has 1 unspecified atom stereocenters. The van der Waals surface area contributed by atoms with E-state index >= 15 is 0 Å². The van der Waals surface area contributed by atoms with Crippen molar-refractivity contribution in [1.29, 1.82) is 0 Å². The van der Waals surface area contributed by atoms with Gasteiger partial charge < -0.3 is 19.7 Å². The number of hydrogen-bond acceptors (Lipinski definition) is 3. The van der Waals surface area contributed by atoms with E-state index in [9.17, 15) is 5.21 Å². The van der Waals surface area contributed by atoms with Gasteiger partial charge in [-0.05, 0) is 40.4 Å². The van der Waals surface area contributed by atoms with Gasteiger partial charge in [-0.15, -0.1) is 0 Å². The van der Waals surface area contributed by atoms with Crippen LogP contribution in [0.4, 0.5) is 0 Å². The van der Waals surface area contributed by atoms with Gasteiger partial charge in [-0.1, -0.05) is 0 Å². The molecule has 1 aliphatic heterocycles. The standard InChI is InChI=1S/C11H23N3O/c1-4-14(15)10-9-13(11-14)8-6-5-7-12(2)3/h9-10H,4-8,11H2,1-3H3. The minimum Gasteiger partial charge on any atom is -0.626 e. The number of quaternary nitrogens is 1. The molecule has 0 spiro atoms. The molecule has 1 atom stereocenters.